The van der Waals surface area contributed by atoms with E-state index in [0.717, 1.165) is 53.0 Å². The van der Waals surface area contributed by atoms with Crippen molar-refractivity contribution in [3.8, 4) is 11.1 Å². The van der Waals surface area contributed by atoms with Crippen molar-refractivity contribution < 1.29 is 29.3 Å². The minimum atomic E-state index is -0.986. The second kappa shape index (κ2) is 16.1. The lowest BCUT2D eigenvalue weighted by molar-refractivity contribution is -0.276. The van der Waals surface area contributed by atoms with E-state index < -0.39 is 12.3 Å². The number of hydrogen-bond donors (Lipinski definition) is 3. The van der Waals surface area contributed by atoms with E-state index in [9.17, 15) is 14.7 Å². The molecule has 0 aromatic heterocycles. The fourth-order valence-corrected chi connectivity index (χ4v) is 6.36. The minimum absolute atomic E-state index is 0.00386. The van der Waals surface area contributed by atoms with Crippen LogP contribution in [0.4, 0.5) is 0 Å². The van der Waals surface area contributed by atoms with Gasteiger partial charge in [-0.25, -0.2) is 0 Å². The molecular formula is C37H46N2O6. The summed E-state index contributed by atoms with van der Waals surface area (Å²) in [6, 6.07) is 24.2. The largest absolute Gasteiger partial charge is 0.481 e. The van der Waals surface area contributed by atoms with E-state index >= 15 is 0 Å². The number of ether oxygens (including phenoxy) is 2. The van der Waals surface area contributed by atoms with Gasteiger partial charge in [-0.05, 0) is 53.7 Å². The topological polar surface area (TPSA) is 108 Å². The lowest BCUT2D eigenvalue weighted by Gasteiger charge is -2.43. The van der Waals surface area contributed by atoms with Crippen LogP contribution in [0.15, 0.2) is 72.8 Å². The molecule has 0 saturated carbocycles. The van der Waals surface area contributed by atoms with Crippen molar-refractivity contribution in [3.05, 3.63) is 95.1 Å². The fraction of sp³-hybridized carbons (Fsp3) is 0.459. The van der Waals surface area contributed by atoms with Gasteiger partial charge < -0.3 is 29.9 Å². The average Bonchev–Trinajstić information content (AvgIpc) is 3.05. The first kappa shape index (κ1) is 32.8. The van der Waals surface area contributed by atoms with E-state index in [0.29, 0.717) is 6.54 Å². The molecule has 2 aliphatic heterocycles. The Bertz CT molecular complexity index is 1380. The quantitative estimate of drug-likeness (QED) is 0.230. The van der Waals surface area contributed by atoms with Gasteiger partial charge in [0.1, 0.15) is 0 Å². The first-order valence-corrected chi connectivity index (χ1v) is 16.3. The maximum Gasteiger partial charge on any atom is 0.303 e. The van der Waals surface area contributed by atoms with Crippen molar-refractivity contribution in [2.45, 2.75) is 83.5 Å². The van der Waals surface area contributed by atoms with Crippen LogP contribution < -0.4 is 5.32 Å². The molecular weight excluding hydrogens is 568 g/mol. The standard InChI is InChI=1S/C37H46N2O6/c1-26-33(24-39-21-7-3-2-4-8-22-39)44-37(45-36(26)29-13-11-27(25-40)12-14-29)30-17-15-28(16-18-30)32-10-6-5-9-31(32)23-38-34(41)19-20-35(42)43/h5-6,9-18,26,33,36-37,40H,2-4,7-8,19-25H2,1H3,(H,38,41)(H,42,43). The van der Waals surface area contributed by atoms with Crippen molar-refractivity contribution >= 4 is 11.9 Å². The highest BCUT2D eigenvalue weighted by Crippen LogP contribution is 2.42. The van der Waals surface area contributed by atoms with Crippen molar-refractivity contribution in [1.29, 1.82) is 0 Å². The van der Waals surface area contributed by atoms with Gasteiger partial charge in [0.25, 0.3) is 0 Å². The summed E-state index contributed by atoms with van der Waals surface area (Å²) in [4.78, 5) is 25.5. The zero-order chi connectivity index (χ0) is 31.6. The number of amides is 1. The summed E-state index contributed by atoms with van der Waals surface area (Å²) in [7, 11) is 0. The molecule has 4 unspecified atom stereocenters. The number of benzene rings is 3. The van der Waals surface area contributed by atoms with Crippen LogP contribution in [0.2, 0.25) is 0 Å². The molecule has 0 radical (unpaired) electrons. The summed E-state index contributed by atoms with van der Waals surface area (Å²) in [6.07, 6.45) is 5.44. The number of hydrogen-bond acceptors (Lipinski definition) is 6. The zero-order valence-electron chi connectivity index (χ0n) is 26.2. The number of carbonyl (C=O) groups excluding carboxylic acids is 1. The predicted molar refractivity (Wildman–Crippen MR) is 173 cm³/mol. The Balaban J connectivity index is 1.34. The lowest BCUT2D eigenvalue weighted by Crippen LogP contribution is -2.45. The van der Waals surface area contributed by atoms with Crippen molar-refractivity contribution in [1.82, 2.24) is 10.2 Å². The summed E-state index contributed by atoms with van der Waals surface area (Å²) in [5.41, 5.74) is 5.86. The maximum absolute atomic E-state index is 12.1. The van der Waals surface area contributed by atoms with Gasteiger partial charge in [0, 0.05) is 31.0 Å². The molecule has 240 valence electrons. The molecule has 4 atom stereocenters. The normalized spacial score (nSPS) is 22.7. The van der Waals surface area contributed by atoms with Crippen molar-refractivity contribution in [2.75, 3.05) is 19.6 Å². The van der Waals surface area contributed by atoms with Crippen LogP contribution in [0.25, 0.3) is 11.1 Å². The van der Waals surface area contributed by atoms with Gasteiger partial charge in [-0.2, -0.15) is 0 Å². The SMILES string of the molecule is CC1C(CN2CCCCCCC2)OC(c2ccc(-c3ccccc3CNC(=O)CCC(=O)O)cc2)OC1c1ccc(CO)cc1. The number of carbonyl (C=O) groups is 2. The number of likely N-dealkylation sites (tertiary alicyclic amines) is 1. The number of nitrogens with zero attached hydrogens (tertiary/aromatic N) is 1. The summed E-state index contributed by atoms with van der Waals surface area (Å²) in [5.74, 6) is -1.13. The monoisotopic (exact) mass is 614 g/mol. The third kappa shape index (κ3) is 9.01. The van der Waals surface area contributed by atoms with Crippen LogP contribution >= 0.6 is 0 Å². The van der Waals surface area contributed by atoms with Crippen molar-refractivity contribution in [3.63, 3.8) is 0 Å². The van der Waals surface area contributed by atoms with Crippen LogP contribution in [0.3, 0.4) is 0 Å². The van der Waals surface area contributed by atoms with Gasteiger partial charge in [0.15, 0.2) is 6.29 Å². The molecule has 8 nitrogen and oxygen atoms in total. The molecule has 3 aromatic carbocycles. The molecule has 3 aromatic rings. The Morgan fingerprint density at radius 1 is 0.844 bits per heavy atom. The maximum atomic E-state index is 12.1. The highest BCUT2D eigenvalue weighted by Gasteiger charge is 2.39. The average molecular weight is 615 g/mol. The van der Waals surface area contributed by atoms with E-state index in [1.807, 2.05) is 36.4 Å². The fourth-order valence-electron chi connectivity index (χ4n) is 6.36. The molecule has 0 spiro atoms. The minimum Gasteiger partial charge on any atom is -0.481 e. The molecule has 45 heavy (non-hydrogen) atoms. The van der Waals surface area contributed by atoms with Gasteiger partial charge in [-0.15, -0.1) is 0 Å². The Kier molecular flexibility index (Phi) is 11.8. The van der Waals surface area contributed by atoms with E-state index in [1.165, 1.54) is 32.1 Å². The van der Waals surface area contributed by atoms with Gasteiger partial charge in [-0.1, -0.05) is 99.0 Å². The summed E-state index contributed by atoms with van der Waals surface area (Å²) in [5, 5.41) is 21.3. The Hall–Kier alpha value is -3.56. The van der Waals surface area contributed by atoms with E-state index in [4.69, 9.17) is 14.6 Å². The molecule has 3 N–H and O–H groups in total. The lowest BCUT2D eigenvalue weighted by atomic mass is 9.89. The van der Waals surface area contributed by atoms with Gasteiger partial charge in [0.2, 0.25) is 5.91 Å². The number of aliphatic hydroxyl groups excluding tert-OH is 1. The molecule has 0 aliphatic carbocycles. The van der Waals surface area contributed by atoms with E-state index in [2.05, 4.69) is 53.5 Å². The number of carboxylic acids is 1. The van der Waals surface area contributed by atoms with E-state index in [1.54, 1.807) is 0 Å². The second-order valence-electron chi connectivity index (χ2n) is 12.3. The third-order valence-corrected chi connectivity index (χ3v) is 9.06. The molecule has 2 fully saturated rings. The Morgan fingerprint density at radius 3 is 2.20 bits per heavy atom. The molecule has 0 bridgehead atoms. The van der Waals surface area contributed by atoms with Crippen LogP contribution in [0.5, 0.6) is 0 Å². The Morgan fingerprint density at radius 2 is 1.51 bits per heavy atom. The number of aliphatic hydroxyl groups is 1. The van der Waals surface area contributed by atoms with Gasteiger partial charge in [-0.3, -0.25) is 9.59 Å². The predicted octanol–water partition coefficient (Wildman–Crippen LogP) is 6.38. The van der Waals surface area contributed by atoms with Gasteiger partial charge >= 0.3 is 5.97 Å². The Labute approximate surface area is 266 Å². The number of aliphatic carboxylic acids is 1. The molecule has 2 aliphatic rings. The molecule has 1 amide bonds. The number of carboxylic acid groups (broad SMARTS) is 1. The number of rotatable bonds is 11. The first-order chi connectivity index (χ1) is 21.9. The van der Waals surface area contributed by atoms with E-state index in [-0.39, 0.29) is 43.5 Å². The molecule has 8 heteroatoms. The summed E-state index contributed by atoms with van der Waals surface area (Å²) in [6.45, 7) is 5.62. The first-order valence-electron chi connectivity index (χ1n) is 16.3. The summed E-state index contributed by atoms with van der Waals surface area (Å²) < 4.78 is 13.4. The molecule has 2 saturated heterocycles. The highest BCUT2D eigenvalue weighted by molar-refractivity contribution is 5.80. The van der Waals surface area contributed by atoms with Crippen LogP contribution in [-0.2, 0) is 32.2 Å². The van der Waals surface area contributed by atoms with Gasteiger partial charge in [0.05, 0.1) is 25.2 Å². The second-order valence-corrected chi connectivity index (χ2v) is 12.3. The van der Waals surface area contributed by atoms with Crippen LogP contribution in [-0.4, -0.2) is 52.7 Å². The zero-order valence-corrected chi connectivity index (χ0v) is 26.2. The smallest absolute Gasteiger partial charge is 0.303 e. The van der Waals surface area contributed by atoms with Crippen LogP contribution in [0, 0.1) is 5.92 Å². The highest BCUT2D eigenvalue weighted by atomic mass is 16.7. The number of nitrogens with one attached hydrogen (secondary N) is 1. The molecule has 5 rings (SSSR count). The van der Waals surface area contributed by atoms with Crippen LogP contribution in [0.1, 0.15) is 86.5 Å². The summed E-state index contributed by atoms with van der Waals surface area (Å²) >= 11 is 0. The third-order valence-electron chi connectivity index (χ3n) is 9.06. The molecule has 2 heterocycles. The van der Waals surface area contributed by atoms with Crippen molar-refractivity contribution in [2.24, 2.45) is 5.92 Å².